The highest BCUT2D eigenvalue weighted by atomic mass is 16.3. The van der Waals surface area contributed by atoms with Crippen molar-refractivity contribution in [3.05, 3.63) is 34.4 Å². The second kappa shape index (κ2) is 10.3. The van der Waals surface area contributed by atoms with Gasteiger partial charge >= 0.3 is 0 Å². The number of allylic oxidation sites excluding steroid dienone is 1. The summed E-state index contributed by atoms with van der Waals surface area (Å²) < 4.78 is 0. The molecular formula is C26H44O. The minimum atomic E-state index is 0.00250. The molecular weight excluding hydrogens is 328 g/mol. The van der Waals surface area contributed by atoms with Gasteiger partial charge in [-0.3, -0.25) is 0 Å². The normalized spacial score (nSPS) is 12.3. The molecule has 0 saturated carbocycles. The first-order chi connectivity index (χ1) is 12.5. The van der Waals surface area contributed by atoms with Gasteiger partial charge in [0.25, 0.3) is 0 Å². The van der Waals surface area contributed by atoms with Gasteiger partial charge in [-0.2, -0.15) is 0 Å². The maximum absolute atomic E-state index is 10.9. The average molecular weight is 373 g/mol. The van der Waals surface area contributed by atoms with E-state index in [1.54, 1.807) is 0 Å². The van der Waals surface area contributed by atoms with Gasteiger partial charge < -0.3 is 5.11 Å². The number of phenolic OH excluding ortho intramolecular Hbond substituents is 1. The van der Waals surface area contributed by atoms with Gasteiger partial charge in [-0.15, -0.1) is 0 Å². The largest absolute Gasteiger partial charge is 0.507 e. The lowest BCUT2D eigenvalue weighted by Crippen LogP contribution is -2.17. The molecule has 0 aliphatic rings. The summed E-state index contributed by atoms with van der Waals surface area (Å²) in [5, 5.41) is 10.9. The summed E-state index contributed by atoms with van der Waals surface area (Å²) in [6, 6.07) is 4.30. The fourth-order valence-corrected chi connectivity index (χ4v) is 3.52. The van der Waals surface area contributed by atoms with Crippen molar-refractivity contribution in [1.82, 2.24) is 0 Å². The van der Waals surface area contributed by atoms with Crippen LogP contribution in [0.15, 0.2) is 17.7 Å². The van der Waals surface area contributed by atoms with E-state index in [1.165, 1.54) is 55.2 Å². The van der Waals surface area contributed by atoms with E-state index in [2.05, 4.69) is 67.5 Å². The van der Waals surface area contributed by atoms with Crippen LogP contribution in [0.3, 0.4) is 0 Å². The first-order valence-corrected chi connectivity index (χ1v) is 11.1. The molecule has 1 aromatic rings. The Kier molecular flexibility index (Phi) is 9.12. The monoisotopic (exact) mass is 372 g/mol. The van der Waals surface area contributed by atoms with E-state index in [0.717, 1.165) is 18.4 Å². The third-order valence-electron chi connectivity index (χ3n) is 5.38. The zero-order valence-electron chi connectivity index (χ0n) is 19.3. The van der Waals surface area contributed by atoms with E-state index in [1.807, 2.05) is 6.07 Å². The van der Waals surface area contributed by atoms with Gasteiger partial charge in [0.05, 0.1) is 0 Å². The van der Waals surface area contributed by atoms with E-state index in [0.29, 0.717) is 5.75 Å². The number of rotatable bonds is 9. The van der Waals surface area contributed by atoms with Crippen molar-refractivity contribution in [3.8, 4) is 5.75 Å². The Morgan fingerprint density at radius 2 is 1.33 bits per heavy atom. The lowest BCUT2D eigenvalue weighted by Gasteiger charge is -2.28. The Hall–Kier alpha value is -1.24. The summed E-state index contributed by atoms with van der Waals surface area (Å²) in [5.74, 6) is 0.441. The second-order valence-electron chi connectivity index (χ2n) is 10.2. The zero-order valence-corrected chi connectivity index (χ0v) is 19.3. The van der Waals surface area contributed by atoms with Crippen LogP contribution in [0.4, 0.5) is 0 Å². The van der Waals surface area contributed by atoms with E-state index < -0.39 is 0 Å². The summed E-state index contributed by atoms with van der Waals surface area (Å²) in [6.07, 6.45) is 12.2. The van der Waals surface area contributed by atoms with E-state index in [-0.39, 0.29) is 10.8 Å². The summed E-state index contributed by atoms with van der Waals surface area (Å²) in [7, 11) is 0. The molecule has 1 nitrogen and oxygen atoms in total. The Balaban J connectivity index is 3.38. The fraction of sp³-hybridized carbons (Fsp3) is 0.692. The maximum Gasteiger partial charge on any atom is 0.123 e. The van der Waals surface area contributed by atoms with Crippen molar-refractivity contribution < 1.29 is 5.11 Å². The minimum absolute atomic E-state index is 0.00250. The molecule has 0 radical (unpaired) electrons. The molecule has 0 saturated heterocycles. The van der Waals surface area contributed by atoms with Crippen molar-refractivity contribution in [1.29, 1.82) is 0 Å². The van der Waals surface area contributed by atoms with Gasteiger partial charge in [-0.25, -0.2) is 0 Å². The molecule has 1 aromatic carbocycles. The first-order valence-electron chi connectivity index (χ1n) is 11.1. The van der Waals surface area contributed by atoms with E-state index in [9.17, 15) is 5.11 Å². The molecule has 1 rings (SSSR count). The van der Waals surface area contributed by atoms with Crippen LogP contribution in [-0.4, -0.2) is 5.11 Å². The van der Waals surface area contributed by atoms with Gasteiger partial charge in [0.15, 0.2) is 0 Å². The van der Waals surface area contributed by atoms with E-state index >= 15 is 0 Å². The molecule has 0 fully saturated rings. The molecule has 0 atom stereocenters. The van der Waals surface area contributed by atoms with Crippen molar-refractivity contribution in [3.63, 3.8) is 0 Å². The van der Waals surface area contributed by atoms with Crippen LogP contribution in [0.25, 0.3) is 6.08 Å². The highest BCUT2D eigenvalue weighted by Crippen LogP contribution is 2.38. The standard InChI is InChI=1S/C26H44O/c1-9-11-13-15-20(16-14-12-10-2)17-22-23(26(6,7)8)18-21(19-24(22)27)25(3,4)5/h17-19,27H,9-16H2,1-8H3. The van der Waals surface area contributed by atoms with Crippen molar-refractivity contribution in [2.24, 2.45) is 0 Å². The summed E-state index contributed by atoms with van der Waals surface area (Å²) in [6.45, 7) is 17.9. The third kappa shape index (κ3) is 7.72. The van der Waals surface area contributed by atoms with Crippen molar-refractivity contribution in [2.75, 3.05) is 0 Å². The fourth-order valence-electron chi connectivity index (χ4n) is 3.52. The number of phenols is 1. The van der Waals surface area contributed by atoms with Crippen molar-refractivity contribution >= 4 is 6.08 Å². The van der Waals surface area contributed by atoms with Crippen LogP contribution in [0.1, 0.15) is 123 Å². The Morgan fingerprint density at radius 1 is 0.815 bits per heavy atom. The van der Waals surface area contributed by atoms with Gasteiger partial charge in [-0.1, -0.05) is 98.8 Å². The number of hydrogen-bond acceptors (Lipinski definition) is 1. The Labute approximate surface area is 169 Å². The number of unbranched alkanes of at least 4 members (excludes halogenated alkanes) is 4. The molecule has 0 aliphatic carbocycles. The zero-order chi connectivity index (χ0) is 20.7. The molecule has 1 heteroatoms. The molecule has 154 valence electrons. The smallest absolute Gasteiger partial charge is 0.123 e. The van der Waals surface area contributed by atoms with Gasteiger partial charge in [0.2, 0.25) is 0 Å². The van der Waals surface area contributed by atoms with Gasteiger partial charge in [0.1, 0.15) is 5.75 Å². The number of hydrogen-bond donors (Lipinski definition) is 1. The van der Waals surface area contributed by atoms with Crippen LogP contribution in [0.2, 0.25) is 0 Å². The molecule has 0 unspecified atom stereocenters. The maximum atomic E-state index is 10.9. The van der Waals surface area contributed by atoms with Gasteiger partial charge in [-0.05, 0) is 53.7 Å². The van der Waals surface area contributed by atoms with Crippen LogP contribution in [0.5, 0.6) is 5.75 Å². The highest BCUT2D eigenvalue weighted by molar-refractivity contribution is 5.66. The predicted octanol–water partition coefficient (Wildman–Crippen LogP) is 8.53. The Morgan fingerprint density at radius 3 is 1.74 bits per heavy atom. The SMILES string of the molecule is CCCCCC(=Cc1c(O)cc(C(C)(C)C)cc1C(C)(C)C)CCCCC. The molecule has 0 spiro atoms. The van der Waals surface area contributed by atoms with Crippen LogP contribution in [-0.2, 0) is 10.8 Å². The second-order valence-corrected chi connectivity index (χ2v) is 10.2. The summed E-state index contributed by atoms with van der Waals surface area (Å²) in [4.78, 5) is 0. The lowest BCUT2D eigenvalue weighted by molar-refractivity contribution is 0.464. The minimum Gasteiger partial charge on any atom is -0.507 e. The molecule has 0 bridgehead atoms. The molecule has 0 aliphatic heterocycles. The highest BCUT2D eigenvalue weighted by Gasteiger charge is 2.24. The van der Waals surface area contributed by atoms with E-state index in [4.69, 9.17) is 0 Å². The Bertz CT molecular complexity index is 596. The molecule has 27 heavy (non-hydrogen) atoms. The summed E-state index contributed by atoms with van der Waals surface area (Å²) in [5.41, 5.74) is 5.05. The molecule has 1 N–H and O–H groups in total. The number of benzene rings is 1. The molecule has 0 heterocycles. The molecule has 0 aromatic heterocycles. The van der Waals surface area contributed by atoms with Crippen LogP contribution >= 0.6 is 0 Å². The third-order valence-corrected chi connectivity index (χ3v) is 5.38. The number of aromatic hydroxyl groups is 1. The first kappa shape index (κ1) is 23.8. The van der Waals surface area contributed by atoms with Crippen LogP contribution < -0.4 is 0 Å². The topological polar surface area (TPSA) is 20.2 Å². The average Bonchev–Trinajstić information content (AvgIpc) is 2.54. The summed E-state index contributed by atoms with van der Waals surface area (Å²) >= 11 is 0. The quantitative estimate of drug-likeness (QED) is 0.430. The predicted molar refractivity (Wildman–Crippen MR) is 122 cm³/mol. The molecule has 0 amide bonds. The van der Waals surface area contributed by atoms with Crippen LogP contribution in [0, 0.1) is 0 Å². The lowest BCUT2D eigenvalue weighted by atomic mass is 9.77. The van der Waals surface area contributed by atoms with Gasteiger partial charge in [0, 0.05) is 5.56 Å². The van der Waals surface area contributed by atoms with Crippen molar-refractivity contribution in [2.45, 2.75) is 118 Å².